The summed E-state index contributed by atoms with van der Waals surface area (Å²) < 4.78 is 29.0. The summed E-state index contributed by atoms with van der Waals surface area (Å²) in [5.74, 6) is -0.0293. The van der Waals surface area contributed by atoms with Gasteiger partial charge in [0.25, 0.3) is 0 Å². The number of nitrogens with zero attached hydrogens (tertiary/aromatic N) is 3. The monoisotopic (exact) mass is 264 g/mol. The Kier molecular flexibility index (Phi) is 3.25. The van der Waals surface area contributed by atoms with Gasteiger partial charge in [-0.2, -0.15) is 0 Å². The topological polar surface area (TPSA) is 42.7 Å². The summed E-state index contributed by atoms with van der Waals surface area (Å²) in [4.78, 5) is 0. The van der Waals surface area contributed by atoms with Gasteiger partial charge in [0, 0.05) is 18.0 Å². The maximum atomic E-state index is 13.6. The molecule has 1 saturated heterocycles. The molecule has 6 heteroatoms. The molecule has 1 aliphatic rings. The molecule has 1 atom stereocenters. The standard InChI is InChI=1S/C13H14F2N4/c14-11-2-1-3-12(15)10(11)7-19-8-17-18-13(19)9-4-5-16-6-9/h1-3,8-9,16H,4-7H2. The highest BCUT2D eigenvalue weighted by Crippen LogP contribution is 2.22. The van der Waals surface area contributed by atoms with E-state index in [2.05, 4.69) is 15.5 Å². The van der Waals surface area contributed by atoms with E-state index in [-0.39, 0.29) is 18.0 Å². The third-order valence-electron chi connectivity index (χ3n) is 3.46. The van der Waals surface area contributed by atoms with Gasteiger partial charge < -0.3 is 9.88 Å². The van der Waals surface area contributed by atoms with Crippen molar-refractivity contribution in [2.45, 2.75) is 18.9 Å². The number of rotatable bonds is 3. The van der Waals surface area contributed by atoms with Gasteiger partial charge in [-0.25, -0.2) is 8.78 Å². The number of hydrogen-bond acceptors (Lipinski definition) is 3. The van der Waals surface area contributed by atoms with Crippen LogP contribution in [-0.4, -0.2) is 27.9 Å². The van der Waals surface area contributed by atoms with Crippen LogP contribution in [0.4, 0.5) is 8.78 Å². The van der Waals surface area contributed by atoms with Gasteiger partial charge in [-0.15, -0.1) is 10.2 Å². The zero-order valence-electron chi connectivity index (χ0n) is 10.3. The van der Waals surface area contributed by atoms with Gasteiger partial charge in [0.05, 0.1) is 6.54 Å². The molecule has 0 amide bonds. The van der Waals surface area contributed by atoms with Crippen LogP contribution < -0.4 is 5.32 Å². The molecule has 19 heavy (non-hydrogen) atoms. The van der Waals surface area contributed by atoms with E-state index in [9.17, 15) is 8.78 Å². The van der Waals surface area contributed by atoms with Crippen LogP contribution >= 0.6 is 0 Å². The number of benzene rings is 1. The number of aromatic nitrogens is 3. The Labute approximate surface area is 109 Å². The van der Waals surface area contributed by atoms with Crippen LogP contribution in [0.3, 0.4) is 0 Å². The molecule has 2 heterocycles. The molecule has 1 aromatic heterocycles. The number of nitrogens with one attached hydrogen (secondary N) is 1. The lowest BCUT2D eigenvalue weighted by Crippen LogP contribution is -2.14. The van der Waals surface area contributed by atoms with E-state index >= 15 is 0 Å². The second kappa shape index (κ2) is 5.05. The van der Waals surface area contributed by atoms with Crippen molar-refractivity contribution in [1.82, 2.24) is 20.1 Å². The van der Waals surface area contributed by atoms with E-state index in [4.69, 9.17) is 0 Å². The Morgan fingerprint density at radius 1 is 1.32 bits per heavy atom. The van der Waals surface area contributed by atoms with Crippen molar-refractivity contribution in [3.63, 3.8) is 0 Å². The quantitative estimate of drug-likeness (QED) is 0.917. The molecule has 1 unspecified atom stereocenters. The van der Waals surface area contributed by atoms with Crippen molar-refractivity contribution in [3.8, 4) is 0 Å². The molecule has 1 fully saturated rings. The average molecular weight is 264 g/mol. The van der Waals surface area contributed by atoms with E-state index < -0.39 is 11.6 Å². The zero-order chi connectivity index (χ0) is 13.2. The molecule has 0 spiro atoms. The van der Waals surface area contributed by atoms with Gasteiger partial charge >= 0.3 is 0 Å². The fourth-order valence-electron chi connectivity index (χ4n) is 2.43. The highest BCUT2D eigenvalue weighted by Gasteiger charge is 2.22. The normalized spacial score (nSPS) is 18.9. The molecule has 0 aliphatic carbocycles. The highest BCUT2D eigenvalue weighted by molar-refractivity contribution is 5.20. The predicted molar refractivity (Wildman–Crippen MR) is 65.7 cm³/mol. The first-order valence-electron chi connectivity index (χ1n) is 6.27. The van der Waals surface area contributed by atoms with Crippen LogP contribution in [0.2, 0.25) is 0 Å². The lowest BCUT2D eigenvalue weighted by atomic mass is 10.1. The Hall–Kier alpha value is -1.82. The molecule has 0 radical (unpaired) electrons. The molecular weight excluding hydrogens is 250 g/mol. The smallest absolute Gasteiger partial charge is 0.137 e. The zero-order valence-corrected chi connectivity index (χ0v) is 10.3. The van der Waals surface area contributed by atoms with Crippen LogP contribution in [0.15, 0.2) is 24.5 Å². The summed E-state index contributed by atoms with van der Waals surface area (Å²) in [6.07, 6.45) is 2.50. The largest absolute Gasteiger partial charge is 0.316 e. The minimum Gasteiger partial charge on any atom is -0.316 e. The first-order valence-corrected chi connectivity index (χ1v) is 6.27. The van der Waals surface area contributed by atoms with Gasteiger partial charge in [0.1, 0.15) is 23.8 Å². The fourth-order valence-corrected chi connectivity index (χ4v) is 2.43. The van der Waals surface area contributed by atoms with Crippen LogP contribution in [0.25, 0.3) is 0 Å². The first kappa shape index (κ1) is 12.2. The van der Waals surface area contributed by atoms with Crippen molar-refractivity contribution in [3.05, 3.63) is 47.5 Å². The Balaban J connectivity index is 1.89. The lowest BCUT2D eigenvalue weighted by Gasteiger charge is -2.12. The molecule has 1 aliphatic heterocycles. The van der Waals surface area contributed by atoms with E-state index in [0.717, 1.165) is 25.3 Å². The first-order chi connectivity index (χ1) is 9.25. The average Bonchev–Trinajstić information content (AvgIpc) is 3.04. The van der Waals surface area contributed by atoms with Crippen molar-refractivity contribution in [1.29, 1.82) is 0 Å². The Bertz CT molecular complexity index is 556. The van der Waals surface area contributed by atoms with Gasteiger partial charge in [-0.3, -0.25) is 0 Å². The minimum absolute atomic E-state index is 0.0505. The molecule has 100 valence electrons. The van der Waals surface area contributed by atoms with Gasteiger partial charge in [0.2, 0.25) is 0 Å². The molecule has 0 saturated carbocycles. The molecule has 3 rings (SSSR count). The van der Waals surface area contributed by atoms with Crippen LogP contribution in [0, 0.1) is 11.6 Å². The van der Waals surface area contributed by atoms with E-state index in [1.165, 1.54) is 24.5 Å². The predicted octanol–water partition coefficient (Wildman–Crippen LogP) is 1.68. The molecule has 4 nitrogen and oxygen atoms in total. The number of hydrogen-bond donors (Lipinski definition) is 1. The lowest BCUT2D eigenvalue weighted by molar-refractivity contribution is 0.534. The second-order valence-electron chi connectivity index (χ2n) is 4.71. The molecule has 0 bridgehead atoms. The van der Waals surface area contributed by atoms with E-state index in [0.29, 0.717) is 0 Å². The molecular formula is C13H14F2N4. The molecule has 1 aromatic carbocycles. The summed E-state index contributed by atoms with van der Waals surface area (Å²) in [5.41, 5.74) is 0.0505. The summed E-state index contributed by atoms with van der Waals surface area (Å²) in [5, 5.41) is 11.2. The van der Waals surface area contributed by atoms with Gasteiger partial charge in [0.15, 0.2) is 0 Å². The second-order valence-corrected chi connectivity index (χ2v) is 4.71. The maximum Gasteiger partial charge on any atom is 0.137 e. The van der Waals surface area contributed by atoms with Gasteiger partial charge in [-0.05, 0) is 25.1 Å². The van der Waals surface area contributed by atoms with Crippen molar-refractivity contribution in [2.24, 2.45) is 0 Å². The van der Waals surface area contributed by atoms with Crippen LogP contribution in [0.1, 0.15) is 23.7 Å². The van der Waals surface area contributed by atoms with E-state index in [1.54, 1.807) is 4.57 Å². The minimum atomic E-state index is -0.538. The van der Waals surface area contributed by atoms with Crippen LogP contribution in [-0.2, 0) is 6.54 Å². The summed E-state index contributed by atoms with van der Waals surface area (Å²) in [6, 6.07) is 3.89. The third kappa shape index (κ3) is 2.35. The van der Waals surface area contributed by atoms with Crippen LogP contribution in [0.5, 0.6) is 0 Å². The highest BCUT2D eigenvalue weighted by atomic mass is 19.1. The SMILES string of the molecule is Fc1cccc(F)c1Cn1cnnc1C1CCNC1. The third-order valence-corrected chi connectivity index (χ3v) is 3.46. The summed E-state index contributed by atoms with van der Waals surface area (Å²) in [6.45, 7) is 1.89. The molecule has 1 N–H and O–H groups in total. The fraction of sp³-hybridized carbons (Fsp3) is 0.385. The van der Waals surface area contributed by atoms with Gasteiger partial charge in [-0.1, -0.05) is 6.07 Å². The van der Waals surface area contributed by atoms with Crippen molar-refractivity contribution < 1.29 is 8.78 Å². The Morgan fingerprint density at radius 3 is 2.79 bits per heavy atom. The summed E-state index contributed by atoms with van der Waals surface area (Å²) >= 11 is 0. The van der Waals surface area contributed by atoms with Crippen molar-refractivity contribution in [2.75, 3.05) is 13.1 Å². The maximum absolute atomic E-state index is 13.6. The van der Waals surface area contributed by atoms with Crippen molar-refractivity contribution >= 4 is 0 Å². The molecule has 2 aromatic rings. The Morgan fingerprint density at radius 2 is 2.11 bits per heavy atom. The summed E-state index contributed by atoms with van der Waals surface area (Å²) in [7, 11) is 0. The van der Waals surface area contributed by atoms with E-state index in [1.807, 2.05) is 0 Å². The number of halogens is 2.